The number of benzene rings is 3. The molecule has 3 atom stereocenters. The van der Waals surface area contributed by atoms with Crippen LogP contribution >= 0.6 is 0 Å². The van der Waals surface area contributed by atoms with Crippen LogP contribution < -0.4 is 5.32 Å². The summed E-state index contributed by atoms with van der Waals surface area (Å²) < 4.78 is 10.7. The minimum Gasteiger partial charge on any atom is -0.378 e. The lowest BCUT2D eigenvalue weighted by Crippen LogP contribution is -2.40. The van der Waals surface area contributed by atoms with Crippen LogP contribution in [0.5, 0.6) is 0 Å². The van der Waals surface area contributed by atoms with E-state index in [0.29, 0.717) is 57.9 Å². The van der Waals surface area contributed by atoms with Crippen LogP contribution in [0.2, 0.25) is 0 Å². The summed E-state index contributed by atoms with van der Waals surface area (Å²) in [4.78, 5) is 27.1. The van der Waals surface area contributed by atoms with E-state index in [-0.39, 0.29) is 11.9 Å². The van der Waals surface area contributed by atoms with Gasteiger partial charge >= 0.3 is 0 Å². The third-order valence-electron chi connectivity index (χ3n) is 8.11. The highest BCUT2D eigenvalue weighted by Crippen LogP contribution is 2.35. The van der Waals surface area contributed by atoms with Crippen molar-refractivity contribution in [2.75, 3.05) is 59.2 Å². The maximum atomic E-state index is 12.6. The van der Waals surface area contributed by atoms with Crippen LogP contribution in [0.4, 0.5) is 0 Å². The number of ether oxygens (including phenoxy) is 2. The molecular formula is C33H39N3O4. The van der Waals surface area contributed by atoms with Crippen molar-refractivity contribution < 1.29 is 19.1 Å². The molecule has 3 aliphatic heterocycles. The lowest BCUT2D eigenvalue weighted by Gasteiger charge is -2.32. The third kappa shape index (κ3) is 6.61. The number of amides is 2. The minimum atomic E-state index is 0.0856. The monoisotopic (exact) mass is 541 g/mol. The molecule has 0 aromatic heterocycles. The van der Waals surface area contributed by atoms with Crippen LogP contribution in [0, 0.1) is 5.92 Å². The van der Waals surface area contributed by atoms with E-state index < -0.39 is 0 Å². The Labute approximate surface area is 237 Å². The van der Waals surface area contributed by atoms with Crippen molar-refractivity contribution in [1.29, 1.82) is 0 Å². The van der Waals surface area contributed by atoms with Crippen LogP contribution in [-0.4, -0.2) is 81.3 Å². The number of rotatable bonds is 5. The molecule has 3 unspecified atom stereocenters. The molecule has 1 N–H and O–H groups in total. The highest BCUT2D eigenvalue weighted by atomic mass is 16.5. The molecule has 7 nitrogen and oxygen atoms in total. The van der Waals surface area contributed by atoms with Crippen molar-refractivity contribution in [2.24, 2.45) is 5.92 Å². The molecule has 0 aliphatic carbocycles. The summed E-state index contributed by atoms with van der Waals surface area (Å²) in [7, 11) is 0. The van der Waals surface area contributed by atoms with Crippen LogP contribution in [0.25, 0.3) is 11.1 Å². The highest BCUT2D eigenvalue weighted by molar-refractivity contribution is 5.94. The first kappa shape index (κ1) is 28.0. The first-order valence-electron chi connectivity index (χ1n) is 14.3. The van der Waals surface area contributed by atoms with Gasteiger partial charge in [0.2, 0.25) is 6.41 Å². The second kappa shape index (κ2) is 13.7. The average molecular weight is 542 g/mol. The molecule has 0 saturated carbocycles. The maximum absolute atomic E-state index is 12.6. The van der Waals surface area contributed by atoms with E-state index in [0.717, 1.165) is 30.6 Å². The minimum absolute atomic E-state index is 0.0856. The zero-order valence-corrected chi connectivity index (χ0v) is 23.2. The molecule has 0 spiro atoms. The Hall–Kier alpha value is -3.52. The van der Waals surface area contributed by atoms with E-state index in [2.05, 4.69) is 48.6 Å². The molecule has 40 heavy (non-hydrogen) atoms. The molecular weight excluding hydrogens is 502 g/mol. The number of nitrogens with zero attached hydrogens (tertiary/aromatic N) is 2. The Morgan fingerprint density at radius 1 is 0.850 bits per heavy atom. The van der Waals surface area contributed by atoms with Crippen molar-refractivity contribution in [3.05, 3.63) is 95.6 Å². The number of hydrogen-bond acceptors (Lipinski definition) is 5. The van der Waals surface area contributed by atoms with Gasteiger partial charge in [-0.3, -0.25) is 9.59 Å². The van der Waals surface area contributed by atoms with E-state index in [9.17, 15) is 9.59 Å². The first-order valence-corrected chi connectivity index (χ1v) is 14.3. The van der Waals surface area contributed by atoms with Gasteiger partial charge in [0.25, 0.3) is 5.91 Å². The van der Waals surface area contributed by atoms with Crippen molar-refractivity contribution in [3.8, 4) is 11.1 Å². The van der Waals surface area contributed by atoms with Gasteiger partial charge in [0.05, 0.1) is 32.5 Å². The fourth-order valence-electron chi connectivity index (χ4n) is 5.76. The Morgan fingerprint density at radius 3 is 2.25 bits per heavy atom. The number of carbonyl (C=O) groups is 2. The summed E-state index contributed by atoms with van der Waals surface area (Å²) in [6, 6.07) is 26.8. The summed E-state index contributed by atoms with van der Waals surface area (Å²) in [5, 5.41) is 3.50. The van der Waals surface area contributed by atoms with Gasteiger partial charge in [-0.05, 0) is 46.8 Å². The van der Waals surface area contributed by atoms with Gasteiger partial charge in [-0.1, -0.05) is 73.7 Å². The Bertz CT molecular complexity index is 1240. The molecule has 210 valence electrons. The van der Waals surface area contributed by atoms with Gasteiger partial charge in [0.1, 0.15) is 0 Å². The van der Waals surface area contributed by atoms with Gasteiger partial charge < -0.3 is 24.6 Å². The second-order valence-electron chi connectivity index (χ2n) is 10.7. The average Bonchev–Trinajstić information content (AvgIpc) is 3.47. The number of nitrogens with one attached hydrogen (secondary N) is 1. The normalized spacial score (nSPS) is 22.8. The van der Waals surface area contributed by atoms with Crippen molar-refractivity contribution in [1.82, 2.24) is 15.1 Å². The van der Waals surface area contributed by atoms with Crippen LogP contribution in [-0.2, 0) is 14.3 Å². The summed E-state index contributed by atoms with van der Waals surface area (Å²) in [5.41, 5.74) is 5.75. The van der Waals surface area contributed by atoms with Crippen LogP contribution in [0.15, 0.2) is 78.9 Å². The number of morpholine rings is 2. The molecule has 3 fully saturated rings. The molecule has 0 bridgehead atoms. The highest BCUT2D eigenvalue weighted by Gasteiger charge is 2.27. The Balaban J connectivity index is 0.000000194. The molecule has 3 aliphatic rings. The molecule has 3 saturated heterocycles. The van der Waals surface area contributed by atoms with Crippen molar-refractivity contribution in [2.45, 2.75) is 18.9 Å². The zero-order chi connectivity index (χ0) is 27.7. The van der Waals surface area contributed by atoms with E-state index >= 15 is 0 Å². The molecule has 6 rings (SSSR count). The molecule has 3 heterocycles. The molecule has 7 heteroatoms. The van der Waals surface area contributed by atoms with Crippen LogP contribution in [0.3, 0.4) is 0 Å². The predicted molar refractivity (Wildman–Crippen MR) is 156 cm³/mol. The zero-order valence-electron chi connectivity index (χ0n) is 23.2. The largest absolute Gasteiger partial charge is 0.378 e. The topological polar surface area (TPSA) is 71.1 Å². The van der Waals surface area contributed by atoms with Gasteiger partial charge in [-0.25, -0.2) is 0 Å². The predicted octanol–water partition coefficient (Wildman–Crippen LogP) is 4.37. The fraction of sp³-hybridized carbons (Fsp3) is 0.394. The standard InChI is InChI=1S/C22H26N2O2.C11H13NO2/c1-16-14-23-15-21(16)20-5-3-2-4-19(20)17-6-8-18(9-7-17)22(25)24-10-12-26-13-11-24;13-9-12-6-7-14-8-11(12)10-4-2-1-3-5-10/h2-9,16,21,23H,10-15H2,1H3;1-5,9,11H,6-8H2. The molecule has 3 aromatic carbocycles. The SMILES string of the molecule is CC1CNCC1c1ccccc1-c1ccc(C(=O)N2CCOCC2)cc1.O=CN1CCOCC1c1ccccc1. The lowest BCUT2D eigenvalue weighted by atomic mass is 9.85. The van der Waals surface area contributed by atoms with Crippen molar-refractivity contribution >= 4 is 12.3 Å². The van der Waals surface area contributed by atoms with Gasteiger partial charge in [-0.15, -0.1) is 0 Å². The molecule has 0 radical (unpaired) electrons. The van der Waals surface area contributed by atoms with Crippen molar-refractivity contribution in [3.63, 3.8) is 0 Å². The van der Waals surface area contributed by atoms with Gasteiger partial charge in [0, 0.05) is 37.7 Å². The summed E-state index contributed by atoms with van der Waals surface area (Å²) in [6.07, 6.45) is 0.903. The first-order chi connectivity index (χ1) is 19.7. The van der Waals surface area contributed by atoms with Gasteiger partial charge in [0.15, 0.2) is 0 Å². The van der Waals surface area contributed by atoms with Gasteiger partial charge in [-0.2, -0.15) is 0 Å². The molecule has 3 aromatic rings. The van der Waals surface area contributed by atoms with E-state index in [1.54, 1.807) is 4.90 Å². The summed E-state index contributed by atoms with van der Waals surface area (Å²) in [6.45, 7) is 8.96. The fourth-order valence-corrected chi connectivity index (χ4v) is 5.76. The summed E-state index contributed by atoms with van der Waals surface area (Å²) >= 11 is 0. The van der Waals surface area contributed by atoms with E-state index in [1.807, 2.05) is 47.4 Å². The molecule has 2 amide bonds. The van der Waals surface area contributed by atoms with Crippen LogP contribution in [0.1, 0.15) is 40.4 Å². The summed E-state index contributed by atoms with van der Waals surface area (Å²) in [5.74, 6) is 1.28. The number of carbonyl (C=O) groups excluding carboxylic acids is 2. The smallest absolute Gasteiger partial charge is 0.254 e. The van der Waals surface area contributed by atoms with E-state index in [4.69, 9.17) is 9.47 Å². The second-order valence-corrected chi connectivity index (χ2v) is 10.7. The van der Waals surface area contributed by atoms with E-state index in [1.165, 1.54) is 16.7 Å². The lowest BCUT2D eigenvalue weighted by molar-refractivity contribution is -0.126. The maximum Gasteiger partial charge on any atom is 0.254 e. The Morgan fingerprint density at radius 2 is 1.55 bits per heavy atom. The number of hydrogen-bond donors (Lipinski definition) is 1. The quantitative estimate of drug-likeness (QED) is 0.486. The third-order valence-corrected chi connectivity index (χ3v) is 8.11. The Kier molecular flexibility index (Phi) is 9.60.